The number of aromatic hydroxyl groups is 2. The molecule has 0 radical (unpaired) electrons. The Labute approximate surface area is 255 Å². The highest BCUT2D eigenvalue weighted by molar-refractivity contribution is 7.80. The lowest BCUT2D eigenvalue weighted by atomic mass is 10.2. The first-order valence-corrected chi connectivity index (χ1v) is 14.4. The third kappa shape index (κ3) is 11.8. The molecule has 3 rings (SSSR count). The molecule has 0 amide bonds. The molecule has 1 saturated heterocycles. The highest BCUT2D eigenvalue weighted by Gasteiger charge is 2.15. The van der Waals surface area contributed by atoms with Gasteiger partial charge in [0, 0.05) is 60.4 Å². The molecule has 0 spiro atoms. The quantitative estimate of drug-likeness (QED) is 0.0909. The van der Waals surface area contributed by atoms with E-state index in [0.29, 0.717) is 31.4 Å². The number of hydrogen-bond donors (Lipinski definition) is 6. The van der Waals surface area contributed by atoms with Crippen LogP contribution in [0.5, 0.6) is 11.5 Å². The molecule has 0 aliphatic carbocycles. The number of piperazine rings is 1. The van der Waals surface area contributed by atoms with E-state index in [4.69, 9.17) is 47.6 Å². The van der Waals surface area contributed by atoms with Crippen molar-refractivity contribution in [2.45, 2.75) is 12.8 Å². The van der Waals surface area contributed by atoms with Gasteiger partial charge in [0.25, 0.3) is 0 Å². The van der Waals surface area contributed by atoms with Crippen molar-refractivity contribution in [3.8, 4) is 11.5 Å². The topological polar surface area (TPSA) is 120 Å². The van der Waals surface area contributed by atoms with Crippen LogP contribution in [0.3, 0.4) is 0 Å². The minimum absolute atomic E-state index is 0.0992. The second-order valence-electron chi connectivity index (χ2n) is 9.05. The van der Waals surface area contributed by atoms with Crippen LogP contribution in [-0.2, 0) is 0 Å². The van der Waals surface area contributed by atoms with Crippen molar-refractivity contribution in [1.82, 2.24) is 31.3 Å². The van der Waals surface area contributed by atoms with Crippen molar-refractivity contribution < 1.29 is 10.2 Å². The SMILES string of the molecule is Oc1ccc(Cl)cc1C=NNC(=S)NCCCN1CCN(CCCNC(=S)NN=Cc2cc(Cl)ccc2O)CC1. The van der Waals surface area contributed by atoms with Crippen molar-refractivity contribution in [2.75, 3.05) is 52.4 Å². The summed E-state index contributed by atoms with van der Waals surface area (Å²) < 4.78 is 0. The summed E-state index contributed by atoms with van der Waals surface area (Å²) in [6.07, 6.45) is 4.88. The molecule has 1 aliphatic rings. The summed E-state index contributed by atoms with van der Waals surface area (Å²) in [6, 6.07) is 9.50. The van der Waals surface area contributed by atoms with E-state index in [-0.39, 0.29) is 11.5 Å². The number of rotatable bonds is 12. The van der Waals surface area contributed by atoms with Gasteiger partial charge >= 0.3 is 0 Å². The van der Waals surface area contributed by atoms with E-state index in [0.717, 1.165) is 65.2 Å². The Morgan fingerprint density at radius 1 is 0.750 bits per heavy atom. The lowest BCUT2D eigenvalue weighted by Gasteiger charge is -2.34. The second kappa shape index (κ2) is 17.2. The largest absolute Gasteiger partial charge is 0.507 e. The lowest BCUT2D eigenvalue weighted by Crippen LogP contribution is -2.47. The number of phenols is 2. The van der Waals surface area contributed by atoms with Crippen molar-refractivity contribution >= 4 is 70.3 Å². The average molecular weight is 626 g/mol. The number of thiocarbonyl (C=S) groups is 2. The van der Waals surface area contributed by atoms with Gasteiger partial charge in [-0.05, 0) is 86.8 Å². The van der Waals surface area contributed by atoms with Crippen LogP contribution >= 0.6 is 47.6 Å². The van der Waals surface area contributed by atoms with Crippen LogP contribution < -0.4 is 21.5 Å². The van der Waals surface area contributed by atoms with Gasteiger partial charge in [-0.3, -0.25) is 10.9 Å². The van der Waals surface area contributed by atoms with Crippen LogP contribution in [0.1, 0.15) is 24.0 Å². The molecule has 10 nitrogen and oxygen atoms in total. The number of halogens is 2. The number of hydrazone groups is 2. The van der Waals surface area contributed by atoms with Gasteiger partial charge in [0.05, 0.1) is 12.4 Å². The number of benzene rings is 2. The molecule has 40 heavy (non-hydrogen) atoms. The number of nitrogens with zero attached hydrogens (tertiary/aromatic N) is 4. The maximum Gasteiger partial charge on any atom is 0.186 e. The molecule has 2 aromatic rings. The Morgan fingerprint density at radius 3 is 1.55 bits per heavy atom. The summed E-state index contributed by atoms with van der Waals surface area (Å²) >= 11 is 22.4. The standard InChI is InChI=1S/C26H34Cl2N8O2S2/c27-21-3-5-23(37)19(15-21)17-31-33-25(39)29-7-1-9-35-11-13-36(14-12-35)10-2-8-30-26(40)34-32-18-20-16-22(28)4-6-24(20)38/h3-6,15-18,37-38H,1-2,7-14H2,(H2,29,33,39)(H2,30,34,40). The lowest BCUT2D eigenvalue weighted by molar-refractivity contribution is 0.131. The predicted molar refractivity (Wildman–Crippen MR) is 171 cm³/mol. The summed E-state index contributed by atoms with van der Waals surface area (Å²) in [5.41, 5.74) is 6.53. The van der Waals surface area contributed by atoms with Crippen LogP contribution in [0.15, 0.2) is 46.6 Å². The molecule has 0 unspecified atom stereocenters. The molecule has 2 aromatic carbocycles. The summed E-state index contributed by atoms with van der Waals surface area (Å²) in [7, 11) is 0. The smallest absolute Gasteiger partial charge is 0.186 e. The fourth-order valence-electron chi connectivity index (χ4n) is 3.90. The van der Waals surface area contributed by atoms with Crippen LogP contribution in [-0.4, -0.2) is 95.0 Å². The normalized spacial score (nSPS) is 14.4. The molecule has 0 aromatic heterocycles. The monoisotopic (exact) mass is 624 g/mol. The van der Waals surface area contributed by atoms with Crippen molar-refractivity contribution in [2.24, 2.45) is 10.2 Å². The zero-order valence-electron chi connectivity index (χ0n) is 21.9. The molecule has 1 heterocycles. The van der Waals surface area contributed by atoms with E-state index < -0.39 is 0 Å². The summed E-state index contributed by atoms with van der Waals surface area (Å²) in [5, 5.41) is 35.9. The maximum absolute atomic E-state index is 9.80. The van der Waals surface area contributed by atoms with Crippen LogP contribution in [0, 0.1) is 0 Å². The molecule has 6 N–H and O–H groups in total. The molecule has 0 saturated carbocycles. The fraction of sp³-hybridized carbons (Fsp3) is 0.385. The van der Waals surface area contributed by atoms with E-state index in [1.165, 1.54) is 24.6 Å². The van der Waals surface area contributed by atoms with Crippen LogP contribution in [0.25, 0.3) is 0 Å². The van der Waals surface area contributed by atoms with Crippen LogP contribution in [0.2, 0.25) is 10.0 Å². The van der Waals surface area contributed by atoms with Gasteiger partial charge in [-0.15, -0.1) is 0 Å². The predicted octanol–water partition coefficient (Wildman–Crippen LogP) is 3.10. The molecule has 0 bridgehead atoms. The second-order valence-corrected chi connectivity index (χ2v) is 10.7. The molecule has 216 valence electrons. The van der Waals surface area contributed by atoms with Gasteiger partial charge in [0.1, 0.15) is 11.5 Å². The highest BCUT2D eigenvalue weighted by atomic mass is 35.5. The minimum Gasteiger partial charge on any atom is -0.507 e. The van der Waals surface area contributed by atoms with Crippen LogP contribution in [0.4, 0.5) is 0 Å². The highest BCUT2D eigenvalue weighted by Crippen LogP contribution is 2.20. The molecule has 1 fully saturated rings. The van der Waals surface area contributed by atoms with E-state index in [1.807, 2.05) is 0 Å². The molecule has 0 atom stereocenters. The van der Waals surface area contributed by atoms with Crippen molar-refractivity contribution in [3.05, 3.63) is 57.6 Å². The number of phenolic OH excluding ortho intramolecular Hbond substituents is 2. The van der Waals surface area contributed by atoms with Gasteiger partial charge < -0.3 is 30.6 Å². The van der Waals surface area contributed by atoms with Gasteiger partial charge in [-0.1, -0.05) is 23.2 Å². The van der Waals surface area contributed by atoms with Gasteiger partial charge in [0.15, 0.2) is 10.2 Å². The Bertz CT molecular complexity index is 1100. The Hall–Kier alpha value is -2.74. The average Bonchev–Trinajstić information content (AvgIpc) is 2.93. The first-order chi connectivity index (χ1) is 19.3. The van der Waals surface area contributed by atoms with E-state index >= 15 is 0 Å². The van der Waals surface area contributed by atoms with Gasteiger partial charge in [-0.25, -0.2) is 0 Å². The van der Waals surface area contributed by atoms with Crippen molar-refractivity contribution in [1.29, 1.82) is 0 Å². The zero-order valence-corrected chi connectivity index (χ0v) is 25.1. The first kappa shape index (κ1) is 31.8. The maximum atomic E-state index is 9.80. The summed E-state index contributed by atoms with van der Waals surface area (Å²) in [5.74, 6) is 0.198. The third-order valence-corrected chi connectivity index (χ3v) is 7.00. The first-order valence-electron chi connectivity index (χ1n) is 12.9. The minimum atomic E-state index is 0.0992. The van der Waals surface area contributed by atoms with Gasteiger partial charge in [0.2, 0.25) is 0 Å². The third-order valence-electron chi connectivity index (χ3n) is 6.06. The Kier molecular flexibility index (Phi) is 13.6. The summed E-state index contributed by atoms with van der Waals surface area (Å²) in [6.45, 7) is 7.63. The van der Waals surface area contributed by atoms with E-state index in [1.54, 1.807) is 24.3 Å². The Balaban J connectivity index is 1.19. The Morgan fingerprint density at radius 2 is 1.15 bits per heavy atom. The number of nitrogens with one attached hydrogen (secondary N) is 4. The zero-order chi connectivity index (χ0) is 28.7. The fourth-order valence-corrected chi connectivity index (χ4v) is 4.57. The van der Waals surface area contributed by atoms with E-state index in [2.05, 4.69) is 41.5 Å². The molecule has 14 heteroatoms. The number of hydrogen-bond acceptors (Lipinski definition) is 8. The summed E-state index contributed by atoms with van der Waals surface area (Å²) in [4.78, 5) is 4.92. The molecular weight excluding hydrogens is 591 g/mol. The van der Waals surface area contributed by atoms with Crippen molar-refractivity contribution in [3.63, 3.8) is 0 Å². The van der Waals surface area contributed by atoms with E-state index in [9.17, 15) is 10.2 Å². The molecular formula is C26H34Cl2N8O2S2. The molecule has 1 aliphatic heterocycles. The van der Waals surface area contributed by atoms with Gasteiger partial charge in [-0.2, -0.15) is 10.2 Å².